The number of rotatable bonds is 6. The maximum atomic E-state index is 6.59. The van der Waals surface area contributed by atoms with Gasteiger partial charge in [0, 0.05) is 33.1 Å². The molecule has 1 heterocycles. The van der Waals surface area contributed by atoms with Crippen LogP contribution < -0.4 is 4.90 Å². The first-order chi connectivity index (χ1) is 23.8. The molecular formula is C46H31NO. The normalized spacial score (nSPS) is 11.3. The summed E-state index contributed by atoms with van der Waals surface area (Å²) in [7, 11) is 0. The predicted molar refractivity (Wildman–Crippen MR) is 202 cm³/mol. The molecule has 9 rings (SSSR count). The second kappa shape index (κ2) is 11.8. The van der Waals surface area contributed by atoms with Crippen LogP contribution in [0.25, 0.3) is 66.1 Å². The second-order valence-corrected chi connectivity index (χ2v) is 12.1. The van der Waals surface area contributed by atoms with Gasteiger partial charge in [-0.1, -0.05) is 146 Å². The number of para-hydroxylation sites is 1. The Morgan fingerprint density at radius 1 is 0.354 bits per heavy atom. The molecule has 0 saturated heterocycles. The third-order valence-electron chi connectivity index (χ3n) is 9.29. The number of fused-ring (bicyclic) bond motifs is 5. The summed E-state index contributed by atoms with van der Waals surface area (Å²) in [5.74, 6) is 0. The number of hydrogen-bond donors (Lipinski definition) is 0. The van der Waals surface area contributed by atoms with Crippen LogP contribution in [0.5, 0.6) is 0 Å². The van der Waals surface area contributed by atoms with E-state index < -0.39 is 0 Å². The molecule has 9 aromatic rings. The largest absolute Gasteiger partial charge is 0.455 e. The third kappa shape index (κ3) is 4.83. The van der Waals surface area contributed by atoms with E-state index in [1.54, 1.807) is 0 Å². The summed E-state index contributed by atoms with van der Waals surface area (Å²) in [4.78, 5) is 2.37. The van der Waals surface area contributed by atoms with Crippen molar-refractivity contribution in [3.63, 3.8) is 0 Å². The molecule has 0 radical (unpaired) electrons. The number of hydrogen-bond acceptors (Lipinski definition) is 2. The lowest BCUT2D eigenvalue weighted by Gasteiger charge is -2.28. The van der Waals surface area contributed by atoms with E-state index in [1.165, 1.54) is 27.6 Å². The van der Waals surface area contributed by atoms with Crippen LogP contribution >= 0.6 is 0 Å². The highest BCUT2D eigenvalue weighted by Crippen LogP contribution is 2.46. The number of anilines is 3. The average Bonchev–Trinajstić information content (AvgIpc) is 3.56. The Bertz CT molecular complexity index is 2450. The Hall–Kier alpha value is -6.38. The Kier molecular flexibility index (Phi) is 6.84. The molecule has 0 atom stereocenters. The van der Waals surface area contributed by atoms with Crippen molar-refractivity contribution >= 4 is 49.8 Å². The van der Waals surface area contributed by atoms with Crippen molar-refractivity contribution in [3.8, 4) is 33.4 Å². The van der Waals surface area contributed by atoms with E-state index in [2.05, 4.69) is 193 Å². The van der Waals surface area contributed by atoms with Gasteiger partial charge in [0.1, 0.15) is 11.2 Å². The summed E-state index contributed by atoms with van der Waals surface area (Å²) in [6.07, 6.45) is 0. The van der Waals surface area contributed by atoms with E-state index >= 15 is 0 Å². The minimum absolute atomic E-state index is 0.889. The van der Waals surface area contributed by atoms with E-state index in [9.17, 15) is 0 Å². The van der Waals surface area contributed by atoms with Crippen molar-refractivity contribution < 1.29 is 4.42 Å². The van der Waals surface area contributed by atoms with Gasteiger partial charge in [0.15, 0.2) is 0 Å². The molecule has 226 valence electrons. The van der Waals surface area contributed by atoms with E-state index in [0.29, 0.717) is 0 Å². The zero-order chi connectivity index (χ0) is 31.9. The molecule has 2 nitrogen and oxygen atoms in total. The van der Waals surface area contributed by atoms with E-state index in [-0.39, 0.29) is 0 Å². The summed E-state index contributed by atoms with van der Waals surface area (Å²) < 4.78 is 6.59. The van der Waals surface area contributed by atoms with Gasteiger partial charge < -0.3 is 9.32 Å². The molecule has 0 fully saturated rings. The van der Waals surface area contributed by atoms with Gasteiger partial charge in [-0.2, -0.15) is 0 Å². The second-order valence-electron chi connectivity index (χ2n) is 12.1. The van der Waals surface area contributed by atoms with Gasteiger partial charge in [-0.25, -0.2) is 0 Å². The van der Waals surface area contributed by atoms with E-state index in [4.69, 9.17) is 4.42 Å². The molecule has 0 aliphatic heterocycles. The first kappa shape index (κ1) is 27.9. The molecule has 48 heavy (non-hydrogen) atoms. The Morgan fingerprint density at radius 3 is 1.56 bits per heavy atom. The fourth-order valence-electron chi connectivity index (χ4n) is 6.97. The summed E-state index contributed by atoms with van der Waals surface area (Å²) in [5, 5.41) is 4.56. The van der Waals surface area contributed by atoms with Gasteiger partial charge in [0.25, 0.3) is 0 Å². The monoisotopic (exact) mass is 613 g/mol. The lowest BCUT2D eigenvalue weighted by Crippen LogP contribution is -2.11. The van der Waals surface area contributed by atoms with Crippen LogP contribution in [-0.4, -0.2) is 0 Å². The van der Waals surface area contributed by atoms with Crippen LogP contribution in [0.2, 0.25) is 0 Å². The minimum atomic E-state index is 0.889. The maximum absolute atomic E-state index is 6.59. The fraction of sp³-hybridized carbons (Fsp3) is 0. The predicted octanol–water partition coefficient (Wildman–Crippen LogP) is 13.2. The summed E-state index contributed by atoms with van der Waals surface area (Å²) >= 11 is 0. The summed E-state index contributed by atoms with van der Waals surface area (Å²) in [6.45, 7) is 0. The topological polar surface area (TPSA) is 16.4 Å². The lowest BCUT2D eigenvalue weighted by atomic mass is 9.96. The van der Waals surface area contributed by atoms with Crippen LogP contribution in [0.4, 0.5) is 17.1 Å². The molecule has 1 aromatic heterocycles. The number of benzene rings is 8. The van der Waals surface area contributed by atoms with Crippen LogP contribution in [0.3, 0.4) is 0 Å². The quantitative estimate of drug-likeness (QED) is 0.185. The molecule has 0 amide bonds. The zero-order valence-corrected chi connectivity index (χ0v) is 26.3. The zero-order valence-electron chi connectivity index (χ0n) is 26.3. The third-order valence-corrected chi connectivity index (χ3v) is 9.29. The maximum Gasteiger partial charge on any atom is 0.143 e. The van der Waals surface area contributed by atoms with E-state index in [1.807, 2.05) is 0 Å². The van der Waals surface area contributed by atoms with Gasteiger partial charge in [-0.3, -0.25) is 0 Å². The van der Waals surface area contributed by atoms with Crippen LogP contribution in [0.1, 0.15) is 0 Å². The SMILES string of the molecule is c1ccc(-c2ccc(N(c3ccc(-c4ccccc4)cc3)c3ccccc3-c3cccc4oc5c6ccccc6ccc5c34)cc2)cc1. The molecule has 2 heteroatoms. The van der Waals surface area contributed by atoms with Gasteiger partial charge in [-0.15, -0.1) is 0 Å². The fourth-order valence-corrected chi connectivity index (χ4v) is 6.97. The average molecular weight is 614 g/mol. The van der Waals surface area contributed by atoms with Crippen molar-refractivity contribution in [3.05, 3.63) is 188 Å². The molecule has 0 unspecified atom stereocenters. The molecule has 0 aliphatic carbocycles. The van der Waals surface area contributed by atoms with Crippen molar-refractivity contribution in [2.75, 3.05) is 4.90 Å². The standard InChI is InChI=1S/C46H31NO/c1-3-12-32(13-4-1)34-22-27-37(28-23-34)47(38-29-24-35(25-30-38)33-14-5-2-6-15-33)43-20-10-9-18-40(43)41-19-11-21-44-45(41)42-31-26-36-16-7-8-17-39(36)46(42)48-44/h1-31H. The Morgan fingerprint density at radius 2 is 0.896 bits per heavy atom. The Labute approximate surface area is 279 Å². The van der Waals surface area contributed by atoms with Gasteiger partial charge in [0.05, 0.1) is 5.69 Å². The van der Waals surface area contributed by atoms with Crippen molar-refractivity contribution in [2.45, 2.75) is 0 Å². The molecule has 0 saturated carbocycles. The molecule has 8 aromatic carbocycles. The van der Waals surface area contributed by atoms with Crippen molar-refractivity contribution in [1.29, 1.82) is 0 Å². The van der Waals surface area contributed by atoms with Gasteiger partial charge in [0.2, 0.25) is 0 Å². The highest BCUT2D eigenvalue weighted by atomic mass is 16.3. The number of furan rings is 1. The molecule has 0 N–H and O–H groups in total. The first-order valence-corrected chi connectivity index (χ1v) is 16.4. The van der Waals surface area contributed by atoms with Gasteiger partial charge in [-0.05, 0) is 75.7 Å². The molecule has 0 spiro atoms. The highest BCUT2D eigenvalue weighted by molar-refractivity contribution is 6.19. The highest BCUT2D eigenvalue weighted by Gasteiger charge is 2.21. The van der Waals surface area contributed by atoms with Crippen LogP contribution in [0, 0.1) is 0 Å². The molecular weight excluding hydrogens is 583 g/mol. The molecule has 0 aliphatic rings. The van der Waals surface area contributed by atoms with E-state index in [0.717, 1.165) is 55.5 Å². The Balaban J connectivity index is 1.24. The first-order valence-electron chi connectivity index (χ1n) is 16.4. The lowest BCUT2D eigenvalue weighted by molar-refractivity contribution is 0.673. The number of nitrogens with zero attached hydrogens (tertiary/aromatic N) is 1. The van der Waals surface area contributed by atoms with Crippen molar-refractivity contribution in [2.24, 2.45) is 0 Å². The van der Waals surface area contributed by atoms with Crippen molar-refractivity contribution in [1.82, 2.24) is 0 Å². The minimum Gasteiger partial charge on any atom is -0.455 e. The van der Waals surface area contributed by atoms with Crippen LogP contribution in [0.15, 0.2) is 192 Å². The van der Waals surface area contributed by atoms with Crippen LogP contribution in [-0.2, 0) is 0 Å². The smallest absolute Gasteiger partial charge is 0.143 e. The van der Waals surface area contributed by atoms with Gasteiger partial charge >= 0.3 is 0 Å². The summed E-state index contributed by atoms with van der Waals surface area (Å²) in [6, 6.07) is 66.8. The molecule has 0 bridgehead atoms. The summed E-state index contributed by atoms with van der Waals surface area (Å²) in [5.41, 5.74) is 12.2.